The molecular formula is C32H41Cl3N6O7S. The summed E-state index contributed by atoms with van der Waals surface area (Å²) in [6.07, 6.45) is 9.31. The minimum Gasteiger partial charge on any atom is -0.489 e. The zero-order valence-corrected chi connectivity index (χ0v) is 30.8. The second-order valence-corrected chi connectivity index (χ2v) is 15.1. The highest BCUT2D eigenvalue weighted by Crippen LogP contribution is 2.36. The van der Waals surface area contributed by atoms with Crippen LogP contribution in [0.1, 0.15) is 52.9 Å². The van der Waals surface area contributed by atoms with Crippen molar-refractivity contribution in [3.63, 3.8) is 0 Å². The Morgan fingerprint density at radius 1 is 1.10 bits per heavy atom. The molecule has 0 atom stereocenters. The number of amides is 2. The number of benzene rings is 2. The summed E-state index contributed by atoms with van der Waals surface area (Å²) in [6, 6.07) is 6.79. The van der Waals surface area contributed by atoms with Crippen LogP contribution in [0.5, 0.6) is 5.75 Å². The summed E-state index contributed by atoms with van der Waals surface area (Å²) in [4.78, 5) is 40.7. The zero-order chi connectivity index (χ0) is 36.3. The predicted octanol–water partition coefficient (Wildman–Crippen LogP) is 7.10. The molecule has 0 aliphatic heterocycles. The lowest BCUT2D eigenvalue weighted by Gasteiger charge is -2.29. The molecule has 0 bridgehead atoms. The van der Waals surface area contributed by atoms with Crippen LogP contribution >= 0.6 is 34.8 Å². The quantitative estimate of drug-likeness (QED) is 0.145. The van der Waals surface area contributed by atoms with Crippen molar-refractivity contribution < 1.29 is 27.7 Å². The largest absolute Gasteiger partial charge is 0.489 e. The number of nitrogens with one attached hydrogen (secondary N) is 2. The number of hydrogen-bond donors (Lipinski definition) is 2. The number of nitro groups is 1. The molecule has 0 radical (unpaired) electrons. The normalized spacial score (nSPS) is 15.9. The Kier molecular flexibility index (Phi) is 15.0. The Morgan fingerprint density at radius 3 is 2.29 bits per heavy atom. The molecule has 0 spiro atoms. The van der Waals surface area contributed by atoms with Crippen molar-refractivity contribution in [3.8, 4) is 5.75 Å². The molecule has 13 nitrogen and oxygen atoms in total. The molecule has 1 saturated carbocycles. The van der Waals surface area contributed by atoms with Crippen LogP contribution in [0.15, 0.2) is 53.9 Å². The maximum atomic E-state index is 12.3. The van der Waals surface area contributed by atoms with E-state index in [4.69, 9.17) is 39.5 Å². The van der Waals surface area contributed by atoms with Crippen LogP contribution in [0.4, 0.5) is 16.2 Å². The van der Waals surface area contributed by atoms with Gasteiger partial charge in [0.05, 0.1) is 26.4 Å². The van der Waals surface area contributed by atoms with E-state index in [1.807, 2.05) is 20.8 Å². The second-order valence-electron chi connectivity index (χ2n) is 11.9. The van der Waals surface area contributed by atoms with Crippen LogP contribution in [0, 0.1) is 16.0 Å². The summed E-state index contributed by atoms with van der Waals surface area (Å²) >= 11 is 18.0. The average molecular weight is 760 g/mol. The smallest absolute Gasteiger partial charge is 0.329 e. The highest BCUT2D eigenvalue weighted by atomic mass is 35.5. The number of ether oxygens (including phenoxy) is 1. The van der Waals surface area contributed by atoms with E-state index < -0.39 is 14.8 Å². The molecule has 4 rings (SSSR count). The lowest BCUT2D eigenvalue weighted by Crippen LogP contribution is -2.38. The molecule has 17 heteroatoms. The topological polar surface area (TPSA) is 166 Å². The minimum atomic E-state index is -3.46. The zero-order valence-electron chi connectivity index (χ0n) is 27.7. The molecule has 0 saturated heterocycles. The first kappa shape index (κ1) is 39.8. The highest BCUT2D eigenvalue weighted by molar-refractivity contribution is 7.90. The van der Waals surface area contributed by atoms with Gasteiger partial charge >= 0.3 is 6.03 Å². The third-order valence-corrected chi connectivity index (χ3v) is 9.43. The third-order valence-electron chi connectivity index (χ3n) is 7.54. The molecule has 2 N–H and O–H groups in total. The van der Waals surface area contributed by atoms with Gasteiger partial charge in [0.2, 0.25) is 5.91 Å². The maximum absolute atomic E-state index is 12.3. The van der Waals surface area contributed by atoms with Crippen LogP contribution in [-0.4, -0.2) is 77.8 Å². The number of rotatable bonds is 12. The second kappa shape index (κ2) is 18.4. The van der Waals surface area contributed by atoms with Crippen LogP contribution < -0.4 is 15.4 Å². The van der Waals surface area contributed by atoms with E-state index in [1.165, 1.54) is 29.1 Å². The third kappa shape index (κ3) is 12.1. The number of nitro benzene ring substituents is 1. The first-order valence-corrected chi connectivity index (χ1v) is 18.7. The summed E-state index contributed by atoms with van der Waals surface area (Å²) in [5, 5.41) is 18.4. The summed E-state index contributed by atoms with van der Waals surface area (Å²) < 4.78 is 30.5. The number of aromatic nitrogens is 2. The van der Waals surface area contributed by atoms with Gasteiger partial charge in [-0.15, -0.1) is 0 Å². The van der Waals surface area contributed by atoms with Crippen molar-refractivity contribution in [2.75, 3.05) is 31.3 Å². The highest BCUT2D eigenvalue weighted by Gasteiger charge is 2.28. The Bertz CT molecular complexity index is 1680. The van der Waals surface area contributed by atoms with Gasteiger partial charge in [-0.25, -0.2) is 18.2 Å². The van der Waals surface area contributed by atoms with Crippen LogP contribution in [0.3, 0.4) is 0 Å². The van der Waals surface area contributed by atoms with E-state index in [-0.39, 0.29) is 52.8 Å². The summed E-state index contributed by atoms with van der Waals surface area (Å²) in [7, 11) is -3.46. The van der Waals surface area contributed by atoms with Gasteiger partial charge in [-0.3, -0.25) is 19.5 Å². The fourth-order valence-electron chi connectivity index (χ4n) is 5.18. The van der Waals surface area contributed by atoms with E-state index in [9.17, 15) is 28.1 Å². The molecule has 1 aliphatic rings. The number of anilines is 1. The fraction of sp³-hybridized carbons (Fsp3) is 0.469. The van der Waals surface area contributed by atoms with E-state index in [0.717, 1.165) is 12.7 Å². The number of halogens is 3. The van der Waals surface area contributed by atoms with Crippen molar-refractivity contribution in [3.05, 3.63) is 74.2 Å². The fourth-order valence-corrected chi connectivity index (χ4v) is 6.75. The molecule has 1 aromatic heterocycles. The minimum absolute atomic E-state index is 0.0355. The summed E-state index contributed by atoms with van der Waals surface area (Å²) in [5.41, 5.74) is 0.0464. The van der Waals surface area contributed by atoms with E-state index in [0.29, 0.717) is 59.6 Å². The summed E-state index contributed by atoms with van der Waals surface area (Å²) in [6.45, 7) is 7.12. The maximum Gasteiger partial charge on any atom is 0.329 e. The standard InChI is InChI=1S/C17H25N3O5S.C15H16Cl3N3O2/c1-11(2)18-17(21)12-4-6-13(7-5-12)19-15-10-14(26(3,24)25)8-9-16(15)20(22)23;1-2-4-20(15(22)21-5-3-19-10-21)6-7-23-14-12(17)8-11(16)9-13(14)18/h8-13,19H,4-7H2,1-3H3,(H,18,21);3,5,8-10H,2,4,6-7H2,1H3/t12-,13+;. The number of sulfone groups is 1. The Morgan fingerprint density at radius 2 is 1.76 bits per heavy atom. The van der Waals surface area contributed by atoms with Crippen molar-refractivity contribution in [1.29, 1.82) is 0 Å². The number of hydrogen-bond acceptors (Lipinski definition) is 9. The first-order chi connectivity index (χ1) is 23.1. The molecule has 2 amide bonds. The molecule has 0 unspecified atom stereocenters. The van der Waals surface area contributed by atoms with E-state index in [1.54, 1.807) is 29.4 Å². The van der Waals surface area contributed by atoms with Crippen LogP contribution in [0.25, 0.3) is 0 Å². The Labute approximate surface area is 301 Å². The number of nitrogens with zero attached hydrogens (tertiary/aromatic N) is 4. The monoisotopic (exact) mass is 758 g/mol. The lowest BCUT2D eigenvalue weighted by atomic mass is 9.85. The molecule has 268 valence electrons. The number of carbonyl (C=O) groups is 2. The van der Waals surface area contributed by atoms with E-state index >= 15 is 0 Å². The van der Waals surface area contributed by atoms with Gasteiger partial charge in [0, 0.05) is 54.3 Å². The first-order valence-electron chi connectivity index (χ1n) is 15.7. The number of imidazole rings is 1. The predicted molar refractivity (Wildman–Crippen MR) is 191 cm³/mol. The van der Waals surface area contributed by atoms with Crippen molar-refractivity contribution in [2.45, 2.75) is 69.9 Å². The van der Waals surface area contributed by atoms with Crippen LogP contribution in [-0.2, 0) is 14.6 Å². The van der Waals surface area contributed by atoms with Gasteiger partial charge in [-0.05, 0) is 70.2 Å². The number of carbonyl (C=O) groups excluding carboxylic acids is 2. The van der Waals surface area contributed by atoms with Crippen molar-refractivity contribution in [1.82, 2.24) is 19.8 Å². The molecule has 1 fully saturated rings. The lowest BCUT2D eigenvalue weighted by molar-refractivity contribution is -0.384. The van der Waals surface area contributed by atoms with Gasteiger partial charge in [0.25, 0.3) is 5.69 Å². The Balaban J connectivity index is 0.000000267. The van der Waals surface area contributed by atoms with Gasteiger partial charge in [0.15, 0.2) is 15.6 Å². The Hall–Kier alpha value is -3.59. The average Bonchev–Trinajstić information content (AvgIpc) is 3.56. The SMILES string of the molecule is CC(C)NC(=O)[C@H]1CC[C@@H](Nc2cc(S(C)(=O)=O)ccc2[N+](=O)[O-])CC1.CCCN(CCOc1c(Cl)cc(Cl)cc1Cl)C(=O)n1ccnc1. The van der Waals surface area contributed by atoms with Gasteiger partial charge in [-0.1, -0.05) is 41.7 Å². The van der Waals surface area contributed by atoms with Crippen molar-refractivity contribution >= 4 is 68.0 Å². The van der Waals surface area contributed by atoms with Crippen molar-refractivity contribution in [2.24, 2.45) is 5.92 Å². The molecule has 1 heterocycles. The van der Waals surface area contributed by atoms with Gasteiger partial charge in [-0.2, -0.15) is 0 Å². The molecule has 1 aliphatic carbocycles. The summed E-state index contributed by atoms with van der Waals surface area (Å²) in [5.74, 6) is 0.362. The molecular weight excluding hydrogens is 719 g/mol. The van der Waals surface area contributed by atoms with Gasteiger partial charge < -0.3 is 20.3 Å². The van der Waals surface area contributed by atoms with Gasteiger partial charge in [0.1, 0.15) is 18.6 Å². The molecule has 3 aromatic rings. The van der Waals surface area contributed by atoms with Crippen LogP contribution in [0.2, 0.25) is 15.1 Å². The molecule has 49 heavy (non-hydrogen) atoms. The van der Waals surface area contributed by atoms with E-state index in [2.05, 4.69) is 15.6 Å². The molecule has 2 aromatic carbocycles.